The predicted octanol–water partition coefficient (Wildman–Crippen LogP) is 4.15. The van der Waals surface area contributed by atoms with Crippen LogP contribution < -0.4 is 5.32 Å². The fraction of sp³-hybridized carbons (Fsp3) is 0.350. The first-order valence-corrected chi connectivity index (χ1v) is 10.2. The molecule has 0 aromatic heterocycles. The fourth-order valence-corrected chi connectivity index (χ4v) is 4.15. The normalized spacial score (nSPS) is 14.7. The molecule has 148 valence electrons. The van der Waals surface area contributed by atoms with Gasteiger partial charge in [-0.1, -0.05) is 12.1 Å². The zero-order chi connectivity index (χ0) is 20.3. The van der Waals surface area contributed by atoms with Crippen LogP contribution in [0.1, 0.15) is 27.0 Å². The van der Waals surface area contributed by atoms with Crippen LogP contribution in [0, 0.1) is 29.8 Å². The van der Waals surface area contributed by atoms with Crippen LogP contribution in [0.4, 0.5) is 15.8 Å². The van der Waals surface area contributed by atoms with Gasteiger partial charge in [0.2, 0.25) is 0 Å². The molecule has 1 saturated heterocycles. The summed E-state index contributed by atoms with van der Waals surface area (Å²) in [6.45, 7) is 6.13. The number of nitro groups is 1. The molecule has 1 amide bonds. The van der Waals surface area contributed by atoms with E-state index in [9.17, 15) is 19.3 Å². The maximum Gasteiger partial charge on any atom is 0.276 e. The number of hydrogen-bond acceptors (Lipinski definition) is 5. The Kier molecular flexibility index (Phi) is 6.31. The predicted molar refractivity (Wildman–Crippen MR) is 110 cm³/mol. The van der Waals surface area contributed by atoms with Crippen molar-refractivity contribution in [3.8, 4) is 0 Å². The van der Waals surface area contributed by atoms with E-state index in [1.54, 1.807) is 6.07 Å². The highest BCUT2D eigenvalue weighted by molar-refractivity contribution is 7.99. The summed E-state index contributed by atoms with van der Waals surface area (Å²) >= 11 is 1.95. The third-order valence-corrected chi connectivity index (χ3v) is 5.91. The summed E-state index contributed by atoms with van der Waals surface area (Å²) in [5.74, 6) is 0.893. The molecule has 2 aromatic carbocycles. The van der Waals surface area contributed by atoms with Gasteiger partial charge in [0, 0.05) is 48.5 Å². The Bertz CT molecular complexity index is 914. The van der Waals surface area contributed by atoms with E-state index in [-0.39, 0.29) is 11.1 Å². The van der Waals surface area contributed by atoms with Crippen LogP contribution in [0.2, 0.25) is 0 Å². The number of carbonyl (C=O) groups is 1. The molecule has 3 rings (SSSR count). The van der Waals surface area contributed by atoms with Gasteiger partial charge in [-0.3, -0.25) is 19.8 Å². The molecule has 1 heterocycles. The van der Waals surface area contributed by atoms with Crippen molar-refractivity contribution in [2.75, 3.05) is 29.9 Å². The number of amides is 1. The van der Waals surface area contributed by atoms with Gasteiger partial charge >= 0.3 is 0 Å². The molecule has 2 aromatic rings. The molecule has 1 aliphatic rings. The molecule has 0 aliphatic carbocycles. The van der Waals surface area contributed by atoms with Gasteiger partial charge < -0.3 is 5.32 Å². The van der Waals surface area contributed by atoms with Crippen LogP contribution >= 0.6 is 11.8 Å². The average molecular weight is 403 g/mol. The summed E-state index contributed by atoms with van der Waals surface area (Å²) in [7, 11) is 0. The molecule has 8 heteroatoms. The second kappa shape index (κ2) is 8.70. The Morgan fingerprint density at radius 3 is 2.64 bits per heavy atom. The molecule has 0 unspecified atom stereocenters. The Balaban J connectivity index is 1.81. The SMILES string of the molecule is Cc1c(CN2CCSCC2)cccc1NC(=O)c1cc(F)c(C)c([N+](=O)[O-])c1. The van der Waals surface area contributed by atoms with Gasteiger partial charge in [0.05, 0.1) is 10.5 Å². The van der Waals surface area contributed by atoms with Gasteiger partial charge in [-0.15, -0.1) is 0 Å². The van der Waals surface area contributed by atoms with E-state index in [2.05, 4.69) is 10.2 Å². The summed E-state index contributed by atoms with van der Waals surface area (Å²) in [4.78, 5) is 25.4. The van der Waals surface area contributed by atoms with E-state index >= 15 is 0 Å². The van der Waals surface area contributed by atoms with Gasteiger partial charge in [0.1, 0.15) is 5.82 Å². The first kappa shape index (κ1) is 20.3. The molecule has 1 fully saturated rings. The summed E-state index contributed by atoms with van der Waals surface area (Å²) in [5.41, 5.74) is 2.12. The minimum absolute atomic E-state index is 0.0762. The number of rotatable bonds is 5. The molecule has 1 aliphatic heterocycles. The largest absolute Gasteiger partial charge is 0.322 e. The lowest BCUT2D eigenvalue weighted by atomic mass is 10.0. The van der Waals surface area contributed by atoms with E-state index in [1.807, 2.05) is 30.8 Å². The quantitative estimate of drug-likeness (QED) is 0.600. The van der Waals surface area contributed by atoms with E-state index in [0.717, 1.165) is 54.4 Å². The van der Waals surface area contributed by atoms with Crippen molar-refractivity contribution >= 4 is 29.0 Å². The highest BCUT2D eigenvalue weighted by Crippen LogP contribution is 2.25. The zero-order valence-electron chi connectivity index (χ0n) is 15.8. The minimum Gasteiger partial charge on any atom is -0.322 e. The summed E-state index contributed by atoms with van der Waals surface area (Å²) in [5, 5.41) is 13.9. The van der Waals surface area contributed by atoms with E-state index in [4.69, 9.17) is 0 Å². The maximum atomic E-state index is 14.0. The van der Waals surface area contributed by atoms with Gasteiger partial charge in [0.15, 0.2) is 0 Å². The van der Waals surface area contributed by atoms with E-state index < -0.39 is 22.3 Å². The number of nitrogens with zero attached hydrogens (tertiary/aromatic N) is 2. The second-order valence-corrected chi connectivity index (χ2v) is 8.02. The lowest BCUT2D eigenvalue weighted by Gasteiger charge is -2.27. The first-order valence-electron chi connectivity index (χ1n) is 9.01. The number of benzene rings is 2. The van der Waals surface area contributed by atoms with Crippen LogP contribution in [0.25, 0.3) is 0 Å². The van der Waals surface area contributed by atoms with E-state index in [0.29, 0.717) is 5.69 Å². The summed E-state index contributed by atoms with van der Waals surface area (Å²) in [6.07, 6.45) is 0. The highest BCUT2D eigenvalue weighted by Gasteiger charge is 2.20. The molecule has 1 N–H and O–H groups in total. The Morgan fingerprint density at radius 1 is 1.25 bits per heavy atom. The molecule has 28 heavy (non-hydrogen) atoms. The number of nitrogens with one attached hydrogen (secondary N) is 1. The summed E-state index contributed by atoms with van der Waals surface area (Å²) < 4.78 is 14.0. The van der Waals surface area contributed by atoms with Crippen molar-refractivity contribution in [2.24, 2.45) is 0 Å². The van der Waals surface area contributed by atoms with Crippen LogP contribution in [0.15, 0.2) is 30.3 Å². The molecule has 0 atom stereocenters. The molecule has 0 bridgehead atoms. The fourth-order valence-electron chi connectivity index (χ4n) is 3.17. The van der Waals surface area contributed by atoms with Crippen LogP contribution in [0.3, 0.4) is 0 Å². The van der Waals surface area contributed by atoms with Crippen LogP contribution in [-0.4, -0.2) is 40.3 Å². The number of halogens is 1. The summed E-state index contributed by atoms with van der Waals surface area (Å²) in [6, 6.07) is 7.82. The lowest BCUT2D eigenvalue weighted by Crippen LogP contribution is -2.32. The van der Waals surface area contributed by atoms with Crippen molar-refractivity contribution in [1.29, 1.82) is 0 Å². The van der Waals surface area contributed by atoms with Crippen molar-refractivity contribution < 1.29 is 14.1 Å². The molecular weight excluding hydrogens is 381 g/mol. The Morgan fingerprint density at radius 2 is 1.96 bits per heavy atom. The van der Waals surface area contributed by atoms with Crippen molar-refractivity contribution in [3.63, 3.8) is 0 Å². The Hall–Kier alpha value is -2.45. The van der Waals surface area contributed by atoms with Crippen molar-refractivity contribution in [3.05, 3.63) is 68.5 Å². The standard InChI is InChI=1S/C20H22FN3O3S/c1-13-15(12-23-6-8-28-9-7-23)4-3-5-18(13)22-20(25)16-10-17(21)14(2)19(11-16)24(26)27/h3-5,10-11H,6-9,12H2,1-2H3,(H,22,25). The molecule has 6 nitrogen and oxygen atoms in total. The van der Waals surface area contributed by atoms with Crippen molar-refractivity contribution in [1.82, 2.24) is 4.90 Å². The number of hydrogen-bond donors (Lipinski definition) is 1. The van der Waals surface area contributed by atoms with Gasteiger partial charge in [-0.05, 0) is 37.1 Å². The topological polar surface area (TPSA) is 75.5 Å². The van der Waals surface area contributed by atoms with Crippen LogP contribution in [0.5, 0.6) is 0 Å². The third kappa shape index (κ3) is 4.51. The van der Waals surface area contributed by atoms with Gasteiger partial charge in [0.25, 0.3) is 11.6 Å². The zero-order valence-corrected chi connectivity index (χ0v) is 16.6. The molecule has 0 spiro atoms. The Labute approximate surface area is 167 Å². The second-order valence-electron chi connectivity index (χ2n) is 6.79. The van der Waals surface area contributed by atoms with E-state index in [1.165, 1.54) is 6.92 Å². The highest BCUT2D eigenvalue weighted by atomic mass is 32.2. The maximum absolute atomic E-state index is 14.0. The van der Waals surface area contributed by atoms with Crippen LogP contribution in [-0.2, 0) is 6.54 Å². The molecular formula is C20H22FN3O3S. The molecule has 0 saturated carbocycles. The number of anilines is 1. The van der Waals surface area contributed by atoms with Gasteiger partial charge in [-0.25, -0.2) is 4.39 Å². The lowest BCUT2D eigenvalue weighted by molar-refractivity contribution is -0.385. The first-order chi connectivity index (χ1) is 13.4. The molecule has 0 radical (unpaired) electrons. The third-order valence-electron chi connectivity index (χ3n) is 4.97. The monoisotopic (exact) mass is 403 g/mol. The average Bonchev–Trinajstić information content (AvgIpc) is 2.67. The smallest absolute Gasteiger partial charge is 0.276 e. The van der Waals surface area contributed by atoms with Crippen molar-refractivity contribution in [2.45, 2.75) is 20.4 Å². The number of thioether (sulfide) groups is 1. The minimum atomic E-state index is -0.771. The number of nitro benzene ring substituents is 1. The number of carbonyl (C=O) groups excluding carboxylic acids is 1. The van der Waals surface area contributed by atoms with Gasteiger partial charge in [-0.2, -0.15) is 11.8 Å².